The molecule has 1 aliphatic carbocycles. The zero-order valence-electron chi connectivity index (χ0n) is 28.4. The van der Waals surface area contributed by atoms with E-state index in [1.54, 1.807) is 0 Å². The number of β-amino-alcohol motifs (C(OH)–C–C–N with tert-alkyl or cyclic N) is 1. The molecule has 4 rings (SSSR count). The first-order valence-electron chi connectivity index (χ1n) is 16.4. The molecule has 6 atom stereocenters. The van der Waals surface area contributed by atoms with Gasteiger partial charge in [0.05, 0.1) is 34.6 Å². The lowest BCUT2D eigenvalue weighted by atomic mass is 9.72. The normalized spacial score (nSPS) is 22.7. The molecule has 47 heavy (non-hydrogen) atoms. The number of carbonyl (C=O) groups is 3. The van der Waals surface area contributed by atoms with Crippen molar-refractivity contribution in [2.24, 2.45) is 11.8 Å². The second-order valence-corrected chi connectivity index (χ2v) is 18.3. The van der Waals surface area contributed by atoms with Crippen LogP contribution in [0.2, 0.25) is 0 Å². The SMILES string of the molecule is CC(C)(C)NC(=O)[C@@H]1C[C@@H]2CCCCC2CN1C[C@@H](O)[C@H](Cc1ccccc1)NC(=O)[C@@H](NC(=O)c1cncs1)C(C)(C)S(C)(=O)=O. The molecule has 0 radical (unpaired) electrons. The summed E-state index contributed by atoms with van der Waals surface area (Å²) in [7, 11) is -3.84. The van der Waals surface area contributed by atoms with Crippen molar-refractivity contribution >= 4 is 38.9 Å². The highest BCUT2D eigenvalue weighted by Gasteiger charge is 2.46. The predicted octanol–water partition coefficient (Wildman–Crippen LogP) is 2.95. The number of aliphatic hydroxyl groups excluding tert-OH is 1. The molecule has 0 bridgehead atoms. The number of likely N-dealkylation sites (tertiary alicyclic amines) is 1. The Hall–Kier alpha value is -2.87. The van der Waals surface area contributed by atoms with E-state index in [-0.39, 0.29) is 23.7 Å². The maximum atomic E-state index is 14.1. The van der Waals surface area contributed by atoms with Gasteiger partial charge >= 0.3 is 0 Å². The number of fused-ring (bicyclic) bond motifs is 1. The van der Waals surface area contributed by atoms with Crippen LogP contribution in [0.4, 0.5) is 0 Å². The molecule has 1 saturated carbocycles. The molecule has 11 nitrogen and oxygen atoms in total. The van der Waals surface area contributed by atoms with E-state index in [1.807, 2.05) is 51.1 Å². The van der Waals surface area contributed by atoms with Gasteiger partial charge in [-0.05, 0) is 71.3 Å². The average Bonchev–Trinajstić information content (AvgIpc) is 3.53. The second kappa shape index (κ2) is 15.1. The van der Waals surface area contributed by atoms with Gasteiger partial charge in [0, 0.05) is 24.9 Å². The number of rotatable bonds is 12. The third kappa shape index (κ3) is 9.61. The van der Waals surface area contributed by atoms with Crippen LogP contribution in [0, 0.1) is 11.8 Å². The van der Waals surface area contributed by atoms with E-state index < -0.39 is 56.2 Å². The van der Waals surface area contributed by atoms with Crippen molar-refractivity contribution in [1.29, 1.82) is 0 Å². The van der Waals surface area contributed by atoms with Crippen LogP contribution in [0.15, 0.2) is 42.0 Å². The van der Waals surface area contributed by atoms with E-state index in [1.165, 1.54) is 25.6 Å². The van der Waals surface area contributed by atoms with Gasteiger partial charge in [0.25, 0.3) is 5.91 Å². The largest absolute Gasteiger partial charge is 0.390 e. The molecule has 1 aromatic carbocycles. The molecule has 1 saturated heterocycles. The molecule has 1 aliphatic heterocycles. The average molecular weight is 690 g/mol. The number of aliphatic hydroxyl groups is 1. The fraction of sp³-hybridized carbons (Fsp3) is 0.647. The molecular weight excluding hydrogens is 639 g/mol. The molecule has 1 unspecified atom stereocenters. The summed E-state index contributed by atoms with van der Waals surface area (Å²) in [5, 5.41) is 20.5. The van der Waals surface area contributed by atoms with Crippen LogP contribution in [-0.4, -0.2) is 95.0 Å². The van der Waals surface area contributed by atoms with E-state index >= 15 is 0 Å². The summed E-state index contributed by atoms with van der Waals surface area (Å²) in [6.07, 6.45) is 6.72. The van der Waals surface area contributed by atoms with Crippen LogP contribution in [0.3, 0.4) is 0 Å². The topological polar surface area (TPSA) is 158 Å². The maximum Gasteiger partial charge on any atom is 0.263 e. The molecule has 3 amide bonds. The van der Waals surface area contributed by atoms with Crippen LogP contribution >= 0.6 is 11.3 Å². The third-order valence-corrected chi connectivity index (χ3v) is 12.6. The summed E-state index contributed by atoms with van der Waals surface area (Å²) in [4.78, 5) is 47.0. The molecule has 0 spiro atoms. The van der Waals surface area contributed by atoms with Gasteiger partial charge in [0.2, 0.25) is 11.8 Å². The van der Waals surface area contributed by atoms with Crippen molar-refractivity contribution in [2.75, 3.05) is 19.3 Å². The molecule has 2 aliphatic rings. The summed E-state index contributed by atoms with van der Waals surface area (Å²) in [6, 6.07) is 6.65. The number of hydrogen-bond acceptors (Lipinski definition) is 9. The number of amides is 3. The van der Waals surface area contributed by atoms with Crippen LogP contribution < -0.4 is 16.0 Å². The quantitative estimate of drug-likeness (QED) is 0.265. The van der Waals surface area contributed by atoms with E-state index in [4.69, 9.17) is 0 Å². The minimum absolute atomic E-state index is 0.0712. The first kappa shape index (κ1) is 37.0. The number of benzene rings is 1. The minimum Gasteiger partial charge on any atom is -0.390 e. The molecule has 4 N–H and O–H groups in total. The predicted molar refractivity (Wildman–Crippen MR) is 184 cm³/mol. The second-order valence-electron chi connectivity index (χ2n) is 14.8. The van der Waals surface area contributed by atoms with Crippen LogP contribution in [0.25, 0.3) is 0 Å². The van der Waals surface area contributed by atoms with Gasteiger partial charge < -0.3 is 21.1 Å². The summed E-state index contributed by atoms with van der Waals surface area (Å²) in [5.74, 6) is -0.537. The van der Waals surface area contributed by atoms with Gasteiger partial charge in [0.1, 0.15) is 10.9 Å². The lowest BCUT2D eigenvalue weighted by molar-refractivity contribution is -0.133. The Morgan fingerprint density at radius 1 is 1.04 bits per heavy atom. The summed E-state index contributed by atoms with van der Waals surface area (Å²) < 4.78 is 24.2. The first-order chi connectivity index (χ1) is 22.0. The number of aromatic nitrogens is 1. The lowest BCUT2D eigenvalue weighted by Gasteiger charge is -2.47. The summed E-state index contributed by atoms with van der Waals surface area (Å²) in [5.41, 5.74) is 1.92. The highest BCUT2D eigenvalue weighted by Crippen LogP contribution is 2.39. The number of piperidine rings is 1. The highest BCUT2D eigenvalue weighted by atomic mass is 32.2. The first-order valence-corrected chi connectivity index (χ1v) is 19.2. The lowest BCUT2D eigenvalue weighted by Crippen LogP contribution is -2.64. The Morgan fingerprint density at radius 2 is 1.70 bits per heavy atom. The van der Waals surface area contributed by atoms with Crippen molar-refractivity contribution in [3.05, 3.63) is 52.5 Å². The Kier molecular flexibility index (Phi) is 11.9. The van der Waals surface area contributed by atoms with Gasteiger partial charge in [-0.25, -0.2) is 8.42 Å². The van der Waals surface area contributed by atoms with E-state index in [9.17, 15) is 27.9 Å². The van der Waals surface area contributed by atoms with Crippen molar-refractivity contribution in [1.82, 2.24) is 25.8 Å². The molecule has 2 fully saturated rings. The van der Waals surface area contributed by atoms with Crippen molar-refractivity contribution in [3.63, 3.8) is 0 Å². The van der Waals surface area contributed by atoms with E-state index in [2.05, 4.69) is 25.8 Å². The number of carbonyl (C=O) groups excluding carboxylic acids is 3. The van der Waals surface area contributed by atoms with E-state index in [0.29, 0.717) is 24.8 Å². The van der Waals surface area contributed by atoms with Crippen molar-refractivity contribution in [2.45, 2.75) is 108 Å². The highest BCUT2D eigenvalue weighted by molar-refractivity contribution is 7.92. The third-order valence-electron chi connectivity index (χ3n) is 9.66. The van der Waals surface area contributed by atoms with E-state index in [0.717, 1.165) is 48.8 Å². The maximum absolute atomic E-state index is 14.1. The zero-order chi connectivity index (χ0) is 34.6. The Labute approximate surface area is 283 Å². The molecule has 2 heterocycles. The molecule has 260 valence electrons. The molecule has 13 heteroatoms. The Bertz CT molecular complexity index is 1480. The van der Waals surface area contributed by atoms with Crippen molar-refractivity contribution < 1.29 is 27.9 Å². The fourth-order valence-corrected chi connectivity index (χ4v) is 7.83. The monoisotopic (exact) mass is 689 g/mol. The molecular formula is C34H51N5O6S2. The van der Waals surface area contributed by atoms with Crippen LogP contribution in [0.1, 0.15) is 82.0 Å². The minimum atomic E-state index is -3.84. The number of nitrogens with one attached hydrogen (secondary N) is 3. The van der Waals surface area contributed by atoms with Gasteiger partial charge in [-0.15, -0.1) is 11.3 Å². The van der Waals surface area contributed by atoms with Gasteiger partial charge in [-0.1, -0.05) is 49.6 Å². The Balaban J connectivity index is 1.62. The molecule has 2 aromatic rings. The number of thiazole rings is 1. The van der Waals surface area contributed by atoms with Gasteiger partial charge in [0.15, 0.2) is 9.84 Å². The van der Waals surface area contributed by atoms with Crippen LogP contribution in [-0.2, 0) is 25.8 Å². The Morgan fingerprint density at radius 3 is 2.30 bits per heavy atom. The van der Waals surface area contributed by atoms with Crippen molar-refractivity contribution in [3.8, 4) is 0 Å². The standard InChI is InChI=1S/C34H51N5O6S2/c1-33(2,3)38-30(41)26-17-23-14-10-11-15-24(23)19-39(26)20-27(40)25(16-22-12-8-7-9-13-22)36-32(43)29(34(4,5)47(6,44)45)37-31(42)28-18-35-21-46-28/h7-9,12-13,18,21,23-27,29,40H,10-11,14-17,19-20H2,1-6H3,(H,36,43)(H,37,42)(H,38,41)/t23-,24?,25-,26-,27+,29+/m0/s1. The smallest absolute Gasteiger partial charge is 0.263 e. The number of sulfone groups is 1. The number of nitrogens with zero attached hydrogens (tertiary/aromatic N) is 2. The van der Waals surface area contributed by atoms with Gasteiger partial charge in [-0.3, -0.25) is 24.3 Å². The number of hydrogen-bond donors (Lipinski definition) is 4. The van der Waals surface area contributed by atoms with Crippen LogP contribution in [0.5, 0.6) is 0 Å². The molecule has 1 aromatic heterocycles. The fourth-order valence-electron chi connectivity index (χ4n) is 6.71. The summed E-state index contributed by atoms with van der Waals surface area (Å²) in [6.45, 7) is 9.45. The zero-order valence-corrected chi connectivity index (χ0v) is 30.0. The summed E-state index contributed by atoms with van der Waals surface area (Å²) >= 11 is 1.07. The van der Waals surface area contributed by atoms with Gasteiger partial charge in [-0.2, -0.15) is 0 Å².